The summed E-state index contributed by atoms with van der Waals surface area (Å²) in [6.07, 6.45) is 1.73. The molecule has 0 bridgehead atoms. The lowest BCUT2D eigenvalue weighted by Gasteiger charge is -2.15. The van der Waals surface area contributed by atoms with E-state index in [-0.39, 0.29) is 0 Å². The van der Waals surface area contributed by atoms with E-state index in [1.54, 1.807) is 6.20 Å². The summed E-state index contributed by atoms with van der Waals surface area (Å²) in [5.41, 5.74) is 9.02. The summed E-state index contributed by atoms with van der Waals surface area (Å²) in [6.45, 7) is 8.16. The van der Waals surface area contributed by atoms with E-state index in [4.69, 9.17) is 10.5 Å². The van der Waals surface area contributed by atoms with Crippen LogP contribution in [0.3, 0.4) is 0 Å². The lowest BCUT2D eigenvalue weighted by Crippen LogP contribution is -2.22. The molecule has 134 valence electrons. The fourth-order valence-electron chi connectivity index (χ4n) is 2.47. The van der Waals surface area contributed by atoms with Crippen LogP contribution in [-0.2, 0) is 11.5 Å². The van der Waals surface area contributed by atoms with Gasteiger partial charge in [-0.25, -0.2) is 9.67 Å². The number of nitrogen functional groups attached to an aromatic ring is 1. The van der Waals surface area contributed by atoms with Gasteiger partial charge in [0.2, 0.25) is 0 Å². The highest BCUT2D eigenvalue weighted by atomic mass is 28.3. The number of hydrogen-bond donors (Lipinski definition) is 1. The van der Waals surface area contributed by atoms with Crippen LogP contribution in [0.4, 0.5) is 5.69 Å². The van der Waals surface area contributed by atoms with Crippen LogP contribution in [0.15, 0.2) is 42.6 Å². The van der Waals surface area contributed by atoms with Crippen LogP contribution in [-0.4, -0.2) is 29.4 Å². The van der Waals surface area contributed by atoms with Crippen molar-refractivity contribution in [3.63, 3.8) is 0 Å². The molecule has 3 rings (SSSR count). The Labute approximate surface area is 155 Å². The molecule has 0 radical (unpaired) electrons. The third-order valence-electron chi connectivity index (χ3n) is 3.96. The molecule has 0 fully saturated rings. The predicted molar refractivity (Wildman–Crippen MR) is 108 cm³/mol. The zero-order valence-corrected chi connectivity index (χ0v) is 16.5. The number of pyridine rings is 1. The van der Waals surface area contributed by atoms with Crippen molar-refractivity contribution >= 4 is 24.7 Å². The molecule has 0 atom stereocenters. The molecule has 0 saturated heterocycles. The van der Waals surface area contributed by atoms with Crippen molar-refractivity contribution in [1.29, 1.82) is 0 Å². The fraction of sp³-hybridized carbons (Fsp3) is 0.300. The Bertz CT molecular complexity index is 949. The summed E-state index contributed by atoms with van der Waals surface area (Å²) in [5, 5.41) is 5.59. The van der Waals surface area contributed by atoms with Gasteiger partial charge in [-0.2, -0.15) is 5.10 Å². The van der Waals surface area contributed by atoms with E-state index in [1.165, 1.54) is 0 Å². The summed E-state index contributed by atoms with van der Waals surface area (Å²) in [4.78, 5) is 4.23. The average molecular weight is 365 g/mol. The number of anilines is 1. The number of nitrogens with two attached hydrogens (primary N) is 1. The molecule has 2 heterocycles. The molecular weight excluding hydrogens is 340 g/mol. The fourth-order valence-corrected chi connectivity index (χ4v) is 3.23. The van der Waals surface area contributed by atoms with Crippen LogP contribution in [0, 0.1) is 11.8 Å². The van der Waals surface area contributed by atoms with Crippen molar-refractivity contribution in [2.75, 3.05) is 12.3 Å². The molecule has 0 aliphatic carbocycles. The van der Waals surface area contributed by atoms with Gasteiger partial charge in [0.15, 0.2) is 0 Å². The van der Waals surface area contributed by atoms with E-state index >= 15 is 0 Å². The highest BCUT2D eigenvalue weighted by Gasteiger charge is 2.13. The molecule has 2 N–H and O–H groups in total. The van der Waals surface area contributed by atoms with E-state index in [9.17, 15) is 0 Å². The normalized spacial score (nSPS) is 11.3. The highest BCUT2D eigenvalue weighted by Crippen LogP contribution is 2.21. The van der Waals surface area contributed by atoms with Crippen molar-refractivity contribution in [2.24, 2.45) is 0 Å². The number of nitrogens with zero attached hydrogens (tertiary/aromatic N) is 3. The van der Waals surface area contributed by atoms with E-state index in [1.807, 2.05) is 41.1 Å². The zero-order valence-electron chi connectivity index (χ0n) is 15.5. The Kier molecular flexibility index (Phi) is 5.40. The number of ether oxygens (including phenoxy) is 1. The number of hydrogen-bond acceptors (Lipinski definition) is 4. The SMILES string of the molecule is C[Si](C)(C)CCOCn1nc(C#Cc2ccccn2)c2ccc(N)cc21. The monoisotopic (exact) mass is 364 g/mol. The number of benzene rings is 1. The van der Waals surface area contributed by atoms with Crippen molar-refractivity contribution < 1.29 is 4.74 Å². The van der Waals surface area contributed by atoms with Gasteiger partial charge in [0.05, 0.1) is 5.52 Å². The number of rotatable bonds is 5. The van der Waals surface area contributed by atoms with E-state index in [0.29, 0.717) is 18.1 Å². The first-order chi connectivity index (χ1) is 12.4. The van der Waals surface area contributed by atoms with Crippen LogP contribution in [0.2, 0.25) is 25.7 Å². The lowest BCUT2D eigenvalue weighted by atomic mass is 10.2. The molecule has 26 heavy (non-hydrogen) atoms. The average Bonchev–Trinajstić information content (AvgIpc) is 2.94. The Morgan fingerprint density at radius 3 is 2.73 bits per heavy atom. The molecule has 2 aromatic heterocycles. The standard InChI is InChI=1S/C20H24N4OSi/c1-26(2,3)13-12-25-15-24-20-14-16(21)7-9-18(20)19(23-24)10-8-17-6-4-5-11-22-17/h4-7,9,11,14H,12-13,15,21H2,1-3H3. The van der Waals surface area contributed by atoms with Gasteiger partial charge in [-0.05, 0) is 48.2 Å². The highest BCUT2D eigenvalue weighted by molar-refractivity contribution is 6.76. The quantitative estimate of drug-likeness (QED) is 0.324. The minimum atomic E-state index is -1.11. The topological polar surface area (TPSA) is 66.0 Å². The molecule has 5 nitrogen and oxygen atoms in total. The smallest absolute Gasteiger partial charge is 0.143 e. The molecule has 0 saturated carbocycles. The van der Waals surface area contributed by atoms with Gasteiger partial charge < -0.3 is 10.5 Å². The second kappa shape index (κ2) is 7.73. The van der Waals surface area contributed by atoms with Gasteiger partial charge in [0.25, 0.3) is 0 Å². The Morgan fingerprint density at radius 2 is 2.00 bits per heavy atom. The van der Waals surface area contributed by atoms with E-state index in [2.05, 4.69) is 41.6 Å². The van der Waals surface area contributed by atoms with Crippen molar-refractivity contribution in [3.8, 4) is 11.8 Å². The summed E-state index contributed by atoms with van der Waals surface area (Å²) < 4.78 is 7.69. The van der Waals surface area contributed by atoms with Gasteiger partial charge in [0, 0.05) is 32.0 Å². The largest absolute Gasteiger partial charge is 0.399 e. The third kappa shape index (κ3) is 4.72. The van der Waals surface area contributed by atoms with E-state index < -0.39 is 8.07 Å². The maximum atomic E-state index is 5.96. The summed E-state index contributed by atoms with van der Waals surface area (Å²) >= 11 is 0. The molecule has 0 amide bonds. The molecule has 0 spiro atoms. The lowest BCUT2D eigenvalue weighted by molar-refractivity contribution is 0.0816. The maximum absolute atomic E-state index is 5.96. The Morgan fingerprint density at radius 1 is 1.15 bits per heavy atom. The third-order valence-corrected chi connectivity index (χ3v) is 5.66. The van der Waals surface area contributed by atoms with Crippen LogP contribution >= 0.6 is 0 Å². The first-order valence-electron chi connectivity index (χ1n) is 8.69. The summed E-state index contributed by atoms with van der Waals surface area (Å²) in [6, 6.07) is 12.5. The van der Waals surface area contributed by atoms with Gasteiger partial charge in [-0.3, -0.25) is 0 Å². The van der Waals surface area contributed by atoms with Crippen molar-refractivity contribution in [1.82, 2.24) is 14.8 Å². The minimum absolute atomic E-state index is 0.399. The van der Waals surface area contributed by atoms with Crippen molar-refractivity contribution in [3.05, 3.63) is 54.0 Å². The van der Waals surface area contributed by atoms with Crippen LogP contribution in [0.1, 0.15) is 11.4 Å². The molecular formula is C20H24N4OSi. The van der Waals surface area contributed by atoms with Crippen LogP contribution in [0.25, 0.3) is 10.9 Å². The van der Waals surface area contributed by atoms with Gasteiger partial charge in [-0.15, -0.1) is 0 Å². The zero-order chi connectivity index (χ0) is 18.6. The first kappa shape index (κ1) is 18.2. The number of aromatic nitrogens is 3. The molecule has 0 unspecified atom stereocenters. The van der Waals surface area contributed by atoms with Gasteiger partial charge >= 0.3 is 0 Å². The van der Waals surface area contributed by atoms with Gasteiger partial charge in [0.1, 0.15) is 18.1 Å². The molecule has 6 heteroatoms. The second-order valence-corrected chi connectivity index (χ2v) is 13.1. The Balaban J connectivity index is 1.85. The molecule has 3 aromatic rings. The van der Waals surface area contributed by atoms with E-state index in [0.717, 1.165) is 29.2 Å². The second-order valence-electron chi connectivity index (χ2n) is 7.44. The Hall–Kier alpha value is -2.62. The number of fused-ring (bicyclic) bond motifs is 1. The molecule has 0 aliphatic heterocycles. The predicted octanol–water partition coefficient (Wildman–Crippen LogP) is 3.73. The summed E-state index contributed by atoms with van der Waals surface area (Å²) in [5.74, 6) is 6.19. The molecule has 1 aromatic carbocycles. The maximum Gasteiger partial charge on any atom is 0.143 e. The molecule has 0 aliphatic rings. The first-order valence-corrected chi connectivity index (χ1v) is 12.4. The van der Waals surface area contributed by atoms with Crippen LogP contribution < -0.4 is 5.73 Å². The van der Waals surface area contributed by atoms with Gasteiger partial charge in [-0.1, -0.05) is 25.7 Å². The van der Waals surface area contributed by atoms with Crippen LogP contribution in [0.5, 0.6) is 0 Å². The minimum Gasteiger partial charge on any atom is -0.399 e. The van der Waals surface area contributed by atoms with Crippen molar-refractivity contribution in [2.45, 2.75) is 32.4 Å². The summed E-state index contributed by atoms with van der Waals surface area (Å²) in [7, 11) is -1.11.